The van der Waals surface area contributed by atoms with Crippen molar-refractivity contribution in [1.29, 1.82) is 0 Å². The average Bonchev–Trinajstić information content (AvgIpc) is 3.35. The van der Waals surface area contributed by atoms with E-state index in [0.717, 1.165) is 24.4 Å². The molecule has 1 unspecified atom stereocenters. The number of furan rings is 1. The summed E-state index contributed by atoms with van der Waals surface area (Å²) in [6.07, 6.45) is 5.43. The van der Waals surface area contributed by atoms with Gasteiger partial charge in [-0.05, 0) is 55.8 Å². The molecule has 0 amide bonds. The zero-order valence-corrected chi connectivity index (χ0v) is 18.5. The number of nitrogens with zero attached hydrogens (tertiary/aromatic N) is 2. The fourth-order valence-electron chi connectivity index (χ4n) is 3.85. The molecule has 0 saturated carbocycles. The topological polar surface area (TPSA) is 88.3 Å². The van der Waals surface area contributed by atoms with Gasteiger partial charge < -0.3 is 24.5 Å². The Kier molecular flexibility index (Phi) is 8.35. The van der Waals surface area contributed by atoms with Gasteiger partial charge >= 0.3 is 5.97 Å². The molecular formula is C23H32N4O4. The minimum absolute atomic E-state index is 0.153. The van der Waals surface area contributed by atoms with Crippen molar-refractivity contribution in [2.45, 2.75) is 31.8 Å². The fourth-order valence-corrected chi connectivity index (χ4v) is 3.85. The second-order valence-electron chi connectivity index (χ2n) is 7.46. The molecule has 1 aliphatic heterocycles. The van der Waals surface area contributed by atoms with E-state index in [1.165, 1.54) is 33.5 Å². The highest BCUT2D eigenvalue weighted by Gasteiger charge is 2.24. The van der Waals surface area contributed by atoms with Crippen molar-refractivity contribution in [3.05, 3.63) is 53.5 Å². The third kappa shape index (κ3) is 6.01. The van der Waals surface area contributed by atoms with Crippen LogP contribution in [0.15, 0.2) is 46.0 Å². The van der Waals surface area contributed by atoms with Crippen LogP contribution in [0, 0.1) is 0 Å². The number of rotatable bonds is 8. The highest BCUT2D eigenvalue weighted by Crippen LogP contribution is 2.24. The zero-order chi connectivity index (χ0) is 22.1. The molecule has 0 aliphatic carbocycles. The summed E-state index contributed by atoms with van der Waals surface area (Å²) in [4.78, 5) is 18.8. The number of carbonyl (C=O) groups is 1. The first kappa shape index (κ1) is 22.7. The van der Waals surface area contributed by atoms with Gasteiger partial charge in [-0.15, -0.1) is 0 Å². The largest absolute Gasteiger partial charge is 0.496 e. The van der Waals surface area contributed by atoms with Crippen molar-refractivity contribution in [1.82, 2.24) is 15.5 Å². The maximum Gasteiger partial charge on any atom is 0.341 e. The molecule has 1 aliphatic rings. The highest BCUT2D eigenvalue weighted by molar-refractivity contribution is 5.92. The van der Waals surface area contributed by atoms with E-state index >= 15 is 0 Å². The monoisotopic (exact) mass is 428 g/mol. The van der Waals surface area contributed by atoms with Gasteiger partial charge in [-0.3, -0.25) is 9.89 Å². The van der Waals surface area contributed by atoms with Crippen LogP contribution in [0.4, 0.5) is 0 Å². The molecule has 1 fully saturated rings. The maximum atomic E-state index is 12.0. The van der Waals surface area contributed by atoms with E-state index in [1.807, 2.05) is 18.2 Å². The molecule has 1 atom stereocenters. The Morgan fingerprint density at radius 2 is 2.00 bits per heavy atom. The van der Waals surface area contributed by atoms with Gasteiger partial charge in [0.15, 0.2) is 5.96 Å². The minimum Gasteiger partial charge on any atom is -0.496 e. The molecular weight excluding hydrogens is 396 g/mol. The van der Waals surface area contributed by atoms with Crippen LogP contribution in [-0.2, 0) is 11.3 Å². The first-order valence-electron chi connectivity index (χ1n) is 10.6. The normalized spacial score (nSPS) is 15.9. The Morgan fingerprint density at radius 1 is 1.19 bits per heavy atom. The van der Waals surface area contributed by atoms with E-state index in [0.29, 0.717) is 30.4 Å². The van der Waals surface area contributed by atoms with Crippen LogP contribution in [0.3, 0.4) is 0 Å². The molecule has 0 bridgehead atoms. The number of nitrogens with one attached hydrogen (secondary N) is 2. The van der Waals surface area contributed by atoms with Crippen molar-refractivity contribution in [3.63, 3.8) is 0 Å². The van der Waals surface area contributed by atoms with E-state index < -0.39 is 5.97 Å². The van der Waals surface area contributed by atoms with Crippen molar-refractivity contribution in [2.75, 3.05) is 40.9 Å². The first-order valence-corrected chi connectivity index (χ1v) is 10.6. The van der Waals surface area contributed by atoms with Crippen LogP contribution < -0.4 is 15.4 Å². The number of hydrogen-bond donors (Lipinski definition) is 2. The van der Waals surface area contributed by atoms with Crippen LogP contribution in [0.1, 0.15) is 47.0 Å². The van der Waals surface area contributed by atoms with Crippen molar-refractivity contribution < 1.29 is 18.7 Å². The summed E-state index contributed by atoms with van der Waals surface area (Å²) in [5.74, 6) is 1.71. The van der Waals surface area contributed by atoms with Crippen LogP contribution in [0.5, 0.6) is 5.75 Å². The van der Waals surface area contributed by atoms with E-state index in [4.69, 9.17) is 13.9 Å². The average molecular weight is 429 g/mol. The fraction of sp³-hybridized carbons (Fsp3) is 0.478. The van der Waals surface area contributed by atoms with Gasteiger partial charge in [-0.1, -0.05) is 12.5 Å². The smallest absolute Gasteiger partial charge is 0.341 e. The number of carbonyl (C=O) groups excluding carboxylic acids is 1. The molecule has 8 nitrogen and oxygen atoms in total. The predicted octanol–water partition coefficient (Wildman–Crippen LogP) is 2.97. The summed E-state index contributed by atoms with van der Waals surface area (Å²) in [7, 11) is 4.63. The Labute approximate surface area is 183 Å². The number of piperidine rings is 1. The van der Waals surface area contributed by atoms with Gasteiger partial charge in [0.1, 0.15) is 17.1 Å². The van der Waals surface area contributed by atoms with Crippen molar-refractivity contribution in [3.8, 4) is 5.75 Å². The summed E-state index contributed by atoms with van der Waals surface area (Å²) in [5, 5.41) is 6.73. The van der Waals surface area contributed by atoms with Gasteiger partial charge in [-0.25, -0.2) is 4.79 Å². The second kappa shape index (κ2) is 11.4. The number of ether oxygens (including phenoxy) is 2. The molecule has 2 aromatic rings. The standard InChI is InChI=1S/C23H32N4O4/c1-24-23(25-15-17-9-10-20(29-2)18(14-17)22(28)30-3)26-16-19(21-8-7-13-31-21)27-11-5-4-6-12-27/h7-10,13-14,19H,4-6,11-12,15-16H2,1-3H3,(H2,24,25,26). The number of likely N-dealkylation sites (tertiary alicyclic amines) is 1. The molecule has 31 heavy (non-hydrogen) atoms. The third-order valence-electron chi connectivity index (χ3n) is 5.52. The Balaban J connectivity index is 1.61. The van der Waals surface area contributed by atoms with Gasteiger partial charge in [0.2, 0.25) is 0 Å². The quantitative estimate of drug-likeness (QED) is 0.380. The van der Waals surface area contributed by atoms with Crippen LogP contribution in [0.2, 0.25) is 0 Å². The molecule has 168 valence electrons. The molecule has 0 spiro atoms. The van der Waals surface area contributed by atoms with E-state index in [2.05, 4.69) is 20.5 Å². The number of hydrogen-bond acceptors (Lipinski definition) is 6. The van der Waals surface area contributed by atoms with Crippen LogP contribution in [0.25, 0.3) is 0 Å². The maximum absolute atomic E-state index is 12.0. The second-order valence-corrected chi connectivity index (χ2v) is 7.46. The summed E-state index contributed by atoms with van der Waals surface area (Å²) >= 11 is 0. The van der Waals surface area contributed by atoms with E-state index in [-0.39, 0.29) is 6.04 Å². The molecule has 1 aromatic carbocycles. The highest BCUT2D eigenvalue weighted by atomic mass is 16.5. The van der Waals surface area contributed by atoms with Crippen LogP contribution >= 0.6 is 0 Å². The molecule has 8 heteroatoms. The SMILES string of the molecule is CN=C(NCc1ccc(OC)c(C(=O)OC)c1)NCC(c1ccco1)N1CCCCC1. The Hall–Kier alpha value is -3.00. The number of methoxy groups -OCH3 is 2. The number of aliphatic imine (C=N–C) groups is 1. The first-order chi connectivity index (χ1) is 15.2. The summed E-state index contributed by atoms with van der Waals surface area (Å²) in [6.45, 7) is 3.33. The van der Waals surface area contributed by atoms with Gasteiger partial charge in [0.25, 0.3) is 0 Å². The van der Waals surface area contributed by atoms with Gasteiger partial charge in [0.05, 0.1) is 26.5 Å². The van der Waals surface area contributed by atoms with E-state index in [1.54, 1.807) is 25.4 Å². The summed E-state index contributed by atoms with van der Waals surface area (Å²) < 4.78 is 15.8. The minimum atomic E-state index is -0.427. The predicted molar refractivity (Wildman–Crippen MR) is 119 cm³/mol. The molecule has 2 N–H and O–H groups in total. The van der Waals surface area contributed by atoms with Crippen molar-refractivity contribution >= 4 is 11.9 Å². The molecule has 3 rings (SSSR count). The number of esters is 1. The lowest BCUT2D eigenvalue weighted by molar-refractivity contribution is 0.0597. The van der Waals surface area contributed by atoms with Crippen LogP contribution in [-0.4, -0.2) is 57.7 Å². The number of benzene rings is 1. The summed E-state index contributed by atoms with van der Waals surface area (Å²) in [6, 6.07) is 9.56. The molecule has 0 radical (unpaired) electrons. The Morgan fingerprint density at radius 3 is 2.65 bits per heavy atom. The lowest BCUT2D eigenvalue weighted by atomic mass is 10.1. The molecule has 1 aromatic heterocycles. The lowest BCUT2D eigenvalue weighted by Crippen LogP contribution is -2.44. The Bertz CT molecular complexity index is 860. The lowest BCUT2D eigenvalue weighted by Gasteiger charge is -2.33. The zero-order valence-electron chi connectivity index (χ0n) is 18.5. The van der Waals surface area contributed by atoms with Gasteiger partial charge in [0, 0.05) is 20.1 Å². The number of guanidine groups is 1. The van der Waals surface area contributed by atoms with Gasteiger partial charge in [-0.2, -0.15) is 0 Å². The molecule has 1 saturated heterocycles. The summed E-state index contributed by atoms with van der Waals surface area (Å²) in [5.41, 5.74) is 1.32. The van der Waals surface area contributed by atoms with Crippen molar-refractivity contribution in [2.24, 2.45) is 4.99 Å². The van der Waals surface area contributed by atoms with E-state index in [9.17, 15) is 4.79 Å². The third-order valence-corrected chi connectivity index (χ3v) is 5.52. The molecule has 2 heterocycles.